The van der Waals surface area contributed by atoms with E-state index in [1.165, 1.54) is 6.20 Å². The lowest BCUT2D eigenvalue weighted by molar-refractivity contribution is 0.416. The van der Waals surface area contributed by atoms with E-state index >= 15 is 0 Å². The number of aromatic amines is 1. The van der Waals surface area contributed by atoms with E-state index in [2.05, 4.69) is 4.98 Å². The van der Waals surface area contributed by atoms with Gasteiger partial charge in [-0.05, 0) is 0 Å². The second-order valence-corrected chi connectivity index (χ2v) is 1.56. The van der Waals surface area contributed by atoms with Crippen LogP contribution in [0.1, 0.15) is 0 Å². The van der Waals surface area contributed by atoms with Crippen LogP contribution in [0.15, 0.2) is 11.0 Å². The van der Waals surface area contributed by atoms with Gasteiger partial charge in [-0.25, -0.2) is 4.79 Å². The molecule has 5 nitrogen and oxygen atoms in total. The summed E-state index contributed by atoms with van der Waals surface area (Å²) in [4.78, 5) is 12.8. The van der Waals surface area contributed by atoms with Gasteiger partial charge in [0.2, 0.25) is 5.88 Å². The van der Waals surface area contributed by atoms with Gasteiger partial charge in [-0.1, -0.05) is 0 Å². The molecule has 0 unspecified atom stereocenters. The molecular weight excluding hydrogens is 122 g/mol. The van der Waals surface area contributed by atoms with Crippen LogP contribution in [0.25, 0.3) is 0 Å². The van der Waals surface area contributed by atoms with Crippen molar-refractivity contribution in [1.82, 2.24) is 9.55 Å². The number of imidazole rings is 1. The molecule has 1 aromatic rings. The van der Waals surface area contributed by atoms with Crippen molar-refractivity contribution >= 4 is 0 Å². The Bertz CT molecular complexity index is 249. The van der Waals surface area contributed by atoms with Crippen molar-refractivity contribution in [2.45, 2.75) is 6.67 Å². The average molecular weight is 129 g/mol. The first-order valence-corrected chi connectivity index (χ1v) is 2.43. The van der Waals surface area contributed by atoms with E-state index in [1.54, 1.807) is 0 Å². The van der Waals surface area contributed by atoms with E-state index in [1.807, 2.05) is 0 Å². The summed E-state index contributed by atoms with van der Waals surface area (Å²) in [6.45, 7) is -0.00579. The summed E-state index contributed by atoms with van der Waals surface area (Å²) < 4.78 is 1.01. The molecule has 0 spiro atoms. The van der Waals surface area contributed by atoms with Gasteiger partial charge >= 0.3 is 5.69 Å². The first-order chi connectivity index (χ1) is 4.25. The quantitative estimate of drug-likeness (QED) is 0.445. The van der Waals surface area contributed by atoms with Crippen LogP contribution in [0.4, 0.5) is 0 Å². The van der Waals surface area contributed by atoms with Gasteiger partial charge in [0.15, 0.2) is 0 Å². The minimum Gasteiger partial charge on any atom is -0.493 e. The highest BCUT2D eigenvalue weighted by molar-refractivity contribution is 5.01. The van der Waals surface area contributed by atoms with Crippen LogP contribution in [-0.2, 0) is 6.67 Å². The van der Waals surface area contributed by atoms with Crippen molar-refractivity contribution in [1.29, 1.82) is 0 Å². The highest BCUT2D eigenvalue weighted by Crippen LogP contribution is 1.98. The molecule has 50 valence electrons. The van der Waals surface area contributed by atoms with Crippen molar-refractivity contribution in [2.24, 2.45) is 5.73 Å². The summed E-state index contributed by atoms with van der Waals surface area (Å²) in [6, 6.07) is 0. The van der Waals surface area contributed by atoms with Gasteiger partial charge in [0, 0.05) is 0 Å². The first kappa shape index (κ1) is 5.90. The Kier molecular flexibility index (Phi) is 1.27. The normalized spacial score (nSPS) is 9.89. The predicted octanol–water partition coefficient (Wildman–Crippen LogP) is -1.20. The van der Waals surface area contributed by atoms with Gasteiger partial charge < -0.3 is 15.8 Å². The molecule has 4 N–H and O–H groups in total. The lowest BCUT2D eigenvalue weighted by atomic mass is 10.8. The van der Waals surface area contributed by atoms with Gasteiger partial charge in [0.05, 0.1) is 12.9 Å². The number of rotatable bonds is 1. The summed E-state index contributed by atoms with van der Waals surface area (Å²) in [6.07, 6.45) is 1.19. The Labute approximate surface area is 50.7 Å². The maximum atomic E-state index is 10.5. The van der Waals surface area contributed by atoms with Crippen molar-refractivity contribution in [3.8, 4) is 5.88 Å². The van der Waals surface area contributed by atoms with E-state index in [0.717, 1.165) is 4.57 Å². The maximum absolute atomic E-state index is 10.5. The molecule has 0 radical (unpaired) electrons. The smallest absolute Gasteiger partial charge is 0.329 e. The van der Waals surface area contributed by atoms with Gasteiger partial charge in [-0.3, -0.25) is 4.57 Å². The van der Waals surface area contributed by atoms with Crippen molar-refractivity contribution in [3.63, 3.8) is 0 Å². The molecule has 0 bridgehead atoms. The largest absolute Gasteiger partial charge is 0.493 e. The van der Waals surface area contributed by atoms with E-state index in [0.29, 0.717) is 0 Å². The second-order valence-electron chi connectivity index (χ2n) is 1.56. The first-order valence-electron chi connectivity index (χ1n) is 2.43. The lowest BCUT2D eigenvalue weighted by Gasteiger charge is -1.92. The zero-order valence-corrected chi connectivity index (χ0v) is 4.66. The number of nitrogens with two attached hydrogens (primary N) is 1. The fourth-order valence-electron chi connectivity index (χ4n) is 0.563. The van der Waals surface area contributed by atoms with Crippen molar-refractivity contribution in [2.75, 3.05) is 0 Å². The number of H-pyrrole nitrogens is 1. The Hall–Kier alpha value is -1.23. The van der Waals surface area contributed by atoms with Crippen molar-refractivity contribution < 1.29 is 5.11 Å². The highest BCUT2D eigenvalue weighted by atomic mass is 16.3. The van der Waals surface area contributed by atoms with Crippen LogP contribution in [0, 0.1) is 0 Å². The number of nitrogens with zero attached hydrogens (tertiary/aromatic N) is 1. The highest BCUT2D eigenvalue weighted by Gasteiger charge is 1.98. The molecule has 0 aliphatic heterocycles. The molecule has 0 aliphatic carbocycles. The van der Waals surface area contributed by atoms with Gasteiger partial charge in [-0.15, -0.1) is 0 Å². The summed E-state index contributed by atoms with van der Waals surface area (Å²) in [5.74, 6) is -0.137. The third kappa shape index (κ3) is 0.812. The van der Waals surface area contributed by atoms with Crippen LogP contribution in [0.5, 0.6) is 5.88 Å². The standard InChI is InChI=1S/C4H7N3O2/c5-2-7-3(8)1-6-4(7)9/h1,8H,2,5H2,(H,6,9). The van der Waals surface area contributed by atoms with Gasteiger partial charge in [0.1, 0.15) is 0 Å². The molecule has 0 aliphatic rings. The third-order valence-corrected chi connectivity index (χ3v) is 1.03. The van der Waals surface area contributed by atoms with Crippen molar-refractivity contribution in [3.05, 3.63) is 16.7 Å². The molecule has 9 heavy (non-hydrogen) atoms. The second kappa shape index (κ2) is 1.94. The average Bonchev–Trinajstić information content (AvgIpc) is 2.12. The number of aromatic hydroxyl groups is 1. The number of aromatic nitrogens is 2. The fraction of sp³-hybridized carbons (Fsp3) is 0.250. The van der Waals surface area contributed by atoms with Crippen LogP contribution < -0.4 is 11.4 Å². The van der Waals surface area contributed by atoms with E-state index in [4.69, 9.17) is 10.8 Å². The molecule has 0 aromatic carbocycles. The van der Waals surface area contributed by atoms with E-state index < -0.39 is 5.69 Å². The van der Waals surface area contributed by atoms with E-state index in [9.17, 15) is 4.79 Å². The Morgan fingerprint density at radius 2 is 2.56 bits per heavy atom. The van der Waals surface area contributed by atoms with Gasteiger partial charge in [-0.2, -0.15) is 0 Å². The summed E-state index contributed by atoms with van der Waals surface area (Å²) in [7, 11) is 0. The van der Waals surface area contributed by atoms with Crippen LogP contribution in [-0.4, -0.2) is 14.7 Å². The number of hydrogen-bond acceptors (Lipinski definition) is 3. The molecule has 0 atom stereocenters. The topological polar surface area (TPSA) is 84.0 Å². The summed E-state index contributed by atoms with van der Waals surface area (Å²) in [5.41, 5.74) is 4.69. The van der Waals surface area contributed by atoms with Gasteiger partial charge in [0.25, 0.3) is 0 Å². The summed E-state index contributed by atoms with van der Waals surface area (Å²) >= 11 is 0. The molecule has 1 aromatic heterocycles. The van der Waals surface area contributed by atoms with E-state index in [-0.39, 0.29) is 12.5 Å². The predicted molar refractivity (Wildman–Crippen MR) is 30.9 cm³/mol. The molecule has 1 heterocycles. The minimum absolute atomic E-state index is 0.00579. The Morgan fingerprint density at radius 3 is 2.78 bits per heavy atom. The number of nitrogens with one attached hydrogen (secondary N) is 1. The zero-order chi connectivity index (χ0) is 6.85. The molecule has 0 saturated carbocycles. The molecule has 0 fully saturated rings. The molecule has 0 saturated heterocycles. The summed E-state index contributed by atoms with van der Waals surface area (Å²) in [5, 5.41) is 8.78. The van der Waals surface area contributed by atoms with Crippen LogP contribution >= 0.6 is 0 Å². The molecular formula is C4H7N3O2. The maximum Gasteiger partial charge on any atom is 0.329 e. The number of hydrogen-bond donors (Lipinski definition) is 3. The molecule has 0 amide bonds. The monoisotopic (exact) mass is 129 g/mol. The SMILES string of the molecule is NCn1c(O)c[nH]c1=O. The Balaban J connectivity index is 3.23. The molecule has 1 rings (SSSR count). The van der Waals surface area contributed by atoms with Crippen LogP contribution in [0.3, 0.4) is 0 Å². The molecule has 5 heteroatoms. The van der Waals surface area contributed by atoms with Crippen LogP contribution in [0.2, 0.25) is 0 Å². The Morgan fingerprint density at radius 1 is 1.89 bits per heavy atom. The minimum atomic E-state index is -0.394. The lowest BCUT2D eigenvalue weighted by Crippen LogP contribution is -2.20. The third-order valence-electron chi connectivity index (χ3n) is 1.03. The zero-order valence-electron chi connectivity index (χ0n) is 4.66. The fourth-order valence-corrected chi connectivity index (χ4v) is 0.563.